The zero-order chi connectivity index (χ0) is 12.3. The van der Waals surface area contributed by atoms with Gasteiger partial charge in [-0.3, -0.25) is 4.68 Å². The Bertz CT molecular complexity index is 482. The van der Waals surface area contributed by atoms with E-state index in [0.29, 0.717) is 12.2 Å². The Hall–Kier alpha value is -1.72. The van der Waals surface area contributed by atoms with Gasteiger partial charge in [0.15, 0.2) is 0 Å². The topological polar surface area (TPSA) is 77.0 Å². The van der Waals surface area contributed by atoms with Crippen LogP contribution in [0, 0.1) is 0 Å². The molecule has 0 spiro atoms. The number of hydrogen-bond acceptors (Lipinski definition) is 4. The Labute approximate surface area is 99.9 Å². The van der Waals surface area contributed by atoms with Crippen molar-refractivity contribution in [1.82, 2.24) is 14.8 Å². The minimum atomic E-state index is -1.10. The fraction of sp³-hybridized carbons (Fsp3) is 0.333. The summed E-state index contributed by atoms with van der Waals surface area (Å²) in [5.74, 6) is 0.710. The summed E-state index contributed by atoms with van der Waals surface area (Å²) in [6.45, 7) is 0.143. The van der Waals surface area contributed by atoms with E-state index in [2.05, 4.69) is 10.1 Å². The maximum Gasteiger partial charge on any atom is 0.138 e. The summed E-state index contributed by atoms with van der Waals surface area (Å²) in [4.78, 5) is 4.11. The van der Waals surface area contributed by atoms with E-state index in [0.717, 1.165) is 5.56 Å². The van der Waals surface area contributed by atoms with Gasteiger partial charge in [0.25, 0.3) is 0 Å². The second-order valence-electron chi connectivity index (χ2n) is 4.08. The van der Waals surface area contributed by atoms with Gasteiger partial charge in [0.2, 0.25) is 0 Å². The Balaban J connectivity index is 2.30. The smallest absolute Gasteiger partial charge is 0.138 e. The molecule has 0 aliphatic carbocycles. The number of hydrogen-bond donors (Lipinski definition) is 2. The quantitative estimate of drug-likeness (QED) is 0.789. The van der Waals surface area contributed by atoms with Crippen LogP contribution in [-0.4, -0.2) is 26.4 Å². The first-order valence-electron chi connectivity index (χ1n) is 5.46. The summed E-state index contributed by atoms with van der Waals surface area (Å²) < 4.78 is 1.64. The Morgan fingerprint density at radius 3 is 2.59 bits per heavy atom. The predicted octanol–water partition coefficient (Wildman–Crippen LogP) is 0.204. The van der Waals surface area contributed by atoms with Crippen molar-refractivity contribution < 1.29 is 5.11 Å². The number of benzene rings is 1. The van der Waals surface area contributed by atoms with Gasteiger partial charge in [0.05, 0.1) is 0 Å². The third-order valence-corrected chi connectivity index (χ3v) is 2.90. The molecular formula is C12H16N4O. The minimum Gasteiger partial charge on any atom is -0.383 e. The zero-order valence-electron chi connectivity index (χ0n) is 9.74. The molecule has 0 saturated carbocycles. The van der Waals surface area contributed by atoms with Gasteiger partial charge < -0.3 is 10.8 Å². The molecule has 2 rings (SSSR count). The van der Waals surface area contributed by atoms with Crippen LogP contribution < -0.4 is 5.73 Å². The van der Waals surface area contributed by atoms with Crippen LogP contribution in [0.5, 0.6) is 0 Å². The summed E-state index contributed by atoms with van der Waals surface area (Å²) in [5, 5.41) is 14.6. The van der Waals surface area contributed by atoms with Crippen molar-refractivity contribution in [3.63, 3.8) is 0 Å². The molecule has 2 aromatic rings. The summed E-state index contributed by atoms with van der Waals surface area (Å²) in [6, 6.07) is 9.40. The van der Waals surface area contributed by atoms with Crippen molar-refractivity contribution in [3.05, 3.63) is 48.0 Å². The van der Waals surface area contributed by atoms with E-state index in [1.807, 2.05) is 30.3 Å². The predicted molar refractivity (Wildman–Crippen MR) is 64.1 cm³/mol. The van der Waals surface area contributed by atoms with Gasteiger partial charge in [-0.2, -0.15) is 5.10 Å². The number of aliphatic hydroxyl groups is 1. The van der Waals surface area contributed by atoms with Crippen LogP contribution in [0.4, 0.5) is 0 Å². The van der Waals surface area contributed by atoms with Crippen molar-refractivity contribution in [3.8, 4) is 0 Å². The standard InChI is InChI=1S/C12H16N4O/c1-16-11(14-9-15-16)7-12(17,8-13)10-5-3-2-4-6-10/h2-6,9,17H,7-8,13H2,1H3. The Morgan fingerprint density at radius 1 is 1.35 bits per heavy atom. The molecule has 1 aromatic heterocycles. The molecule has 1 unspecified atom stereocenters. The molecule has 0 amide bonds. The van der Waals surface area contributed by atoms with Gasteiger partial charge in [-0.05, 0) is 5.56 Å². The lowest BCUT2D eigenvalue weighted by Gasteiger charge is -2.26. The van der Waals surface area contributed by atoms with Crippen molar-refractivity contribution in [2.45, 2.75) is 12.0 Å². The van der Waals surface area contributed by atoms with E-state index in [1.165, 1.54) is 6.33 Å². The van der Waals surface area contributed by atoms with Crippen molar-refractivity contribution in [2.24, 2.45) is 12.8 Å². The van der Waals surface area contributed by atoms with Gasteiger partial charge in [-0.15, -0.1) is 0 Å². The highest BCUT2D eigenvalue weighted by atomic mass is 16.3. The molecule has 1 aromatic carbocycles. The average Bonchev–Trinajstić information content (AvgIpc) is 2.76. The molecule has 3 N–H and O–H groups in total. The number of nitrogens with two attached hydrogens (primary N) is 1. The van der Waals surface area contributed by atoms with Crippen LogP contribution in [0.3, 0.4) is 0 Å². The molecule has 0 saturated heterocycles. The summed E-state index contributed by atoms with van der Waals surface area (Å²) in [5.41, 5.74) is 5.40. The van der Waals surface area contributed by atoms with Crippen LogP contribution in [0.25, 0.3) is 0 Å². The molecule has 0 aliphatic rings. The van der Waals surface area contributed by atoms with E-state index in [1.54, 1.807) is 11.7 Å². The van der Waals surface area contributed by atoms with Gasteiger partial charge in [-0.25, -0.2) is 4.98 Å². The van der Waals surface area contributed by atoms with Crippen molar-refractivity contribution in [1.29, 1.82) is 0 Å². The highest BCUT2D eigenvalue weighted by Gasteiger charge is 2.29. The Kier molecular flexibility index (Phi) is 3.21. The first-order chi connectivity index (χ1) is 8.15. The normalized spacial score (nSPS) is 14.5. The molecule has 0 bridgehead atoms. The number of aromatic nitrogens is 3. The van der Waals surface area contributed by atoms with E-state index in [-0.39, 0.29) is 6.54 Å². The molecule has 1 atom stereocenters. The van der Waals surface area contributed by atoms with Crippen LogP contribution in [0.15, 0.2) is 36.7 Å². The fourth-order valence-electron chi connectivity index (χ4n) is 1.78. The van der Waals surface area contributed by atoms with Crippen LogP contribution in [0.2, 0.25) is 0 Å². The third kappa shape index (κ3) is 2.35. The van der Waals surface area contributed by atoms with Gasteiger partial charge >= 0.3 is 0 Å². The highest BCUT2D eigenvalue weighted by molar-refractivity contribution is 5.24. The Morgan fingerprint density at radius 2 is 2.06 bits per heavy atom. The lowest BCUT2D eigenvalue weighted by atomic mass is 9.90. The van der Waals surface area contributed by atoms with E-state index in [9.17, 15) is 5.11 Å². The van der Waals surface area contributed by atoms with E-state index >= 15 is 0 Å². The summed E-state index contributed by atoms with van der Waals surface area (Å²) in [7, 11) is 1.80. The van der Waals surface area contributed by atoms with Crippen molar-refractivity contribution >= 4 is 0 Å². The third-order valence-electron chi connectivity index (χ3n) is 2.90. The number of rotatable bonds is 4. The number of nitrogens with zero attached hydrogens (tertiary/aromatic N) is 3. The maximum atomic E-state index is 10.6. The van der Waals surface area contributed by atoms with Gasteiger partial charge in [0.1, 0.15) is 17.8 Å². The molecular weight excluding hydrogens is 216 g/mol. The molecule has 1 heterocycles. The monoisotopic (exact) mass is 232 g/mol. The summed E-state index contributed by atoms with van der Waals surface area (Å²) >= 11 is 0. The van der Waals surface area contributed by atoms with E-state index in [4.69, 9.17) is 5.73 Å². The summed E-state index contributed by atoms with van der Waals surface area (Å²) in [6.07, 6.45) is 1.82. The molecule has 0 radical (unpaired) electrons. The van der Waals surface area contributed by atoms with Crippen LogP contribution >= 0.6 is 0 Å². The zero-order valence-corrected chi connectivity index (χ0v) is 9.74. The SMILES string of the molecule is Cn1ncnc1CC(O)(CN)c1ccccc1. The average molecular weight is 232 g/mol. The lowest BCUT2D eigenvalue weighted by molar-refractivity contribution is 0.0433. The second-order valence-corrected chi connectivity index (χ2v) is 4.08. The first kappa shape index (κ1) is 11.8. The molecule has 5 heteroatoms. The molecule has 17 heavy (non-hydrogen) atoms. The fourth-order valence-corrected chi connectivity index (χ4v) is 1.78. The largest absolute Gasteiger partial charge is 0.383 e. The number of aryl methyl sites for hydroxylation is 1. The van der Waals surface area contributed by atoms with Gasteiger partial charge in [-0.1, -0.05) is 30.3 Å². The first-order valence-corrected chi connectivity index (χ1v) is 5.46. The maximum absolute atomic E-state index is 10.6. The molecule has 0 aliphatic heterocycles. The highest BCUT2D eigenvalue weighted by Crippen LogP contribution is 2.23. The van der Waals surface area contributed by atoms with Crippen molar-refractivity contribution in [2.75, 3.05) is 6.54 Å². The molecule has 0 fully saturated rings. The lowest BCUT2D eigenvalue weighted by Crippen LogP contribution is -2.38. The van der Waals surface area contributed by atoms with Crippen LogP contribution in [-0.2, 0) is 19.1 Å². The van der Waals surface area contributed by atoms with Gasteiger partial charge in [0, 0.05) is 20.0 Å². The van der Waals surface area contributed by atoms with Crippen LogP contribution in [0.1, 0.15) is 11.4 Å². The second kappa shape index (κ2) is 4.65. The minimum absolute atomic E-state index is 0.143. The molecule has 90 valence electrons. The van der Waals surface area contributed by atoms with E-state index < -0.39 is 5.60 Å². The molecule has 5 nitrogen and oxygen atoms in total.